The number of hydrogen-bond acceptors (Lipinski definition) is 4. The SMILES string of the molecule is Cc1ccc(NC(=O)CN(C)C(=O)CCC(=O)c2ccc(Cl)s2)cc1. The molecule has 2 aromatic rings. The number of thiophene rings is 1. The number of carbonyl (C=O) groups excluding carboxylic acids is 3. The van der Waals surface area contributed by atoms with E-state index >= 15 is 0 Å². The molecule has 1 aromatic heterocycles. The van der Waals surface area contributed by atoms with E-state index in [1.165, 1.54) is 16.2 Å². The summed E-state index contributed by atoms with van der Waals surface area (Å²) < 4.78 is 0.541. The van der Waals surface area contributed by atoms with Gasteiger partial charge < -0.3 is 10.2 Å². The van der Waals surface area contributed by atoms with Crippen molar-refractivity contribution in [2.45, 2.75) is 19.8 Å². The zero-order valence-electron chi connectivity index (χ0n) is 14.0. The highest BCUT2D eigenvalue weighted by Gasteiger charge is 2.16. The molecule has 0 unspecified atom stereocenters. The quantitative estimate of drug-likeness (QED) is 0.746. The lowest BCUT2D eigenvalue weighted by Gasteiger charge is -2.16. The second-order valence-corrected chi connectivity index (χ2v) is 7.41. The van der Waals surface area contributed by atoms with E-state index < -0.39 is 0 Å². The van der Waals surface area contributed by atoms with Gasteiger partial charge in [-0.3, -0.25) is 14.4 Å². The first-order valence-electron chi connectivity index (χ1n) is 7.74. The van der Waals surface area contributed by atoms with Gasteiger partial charge in [0.15, 0.2) is 5.78 Å². The largest absolute Gasteiger partial charge is 0.336 e. The van der Waals surface area contributed by atoms with Crippen LogP contribution in [0.4, 0.5) is 5.69 Å². The van der Waals surface area contributed by atoms with Crippen LogP contribution in [0.3, 0.4) is 0 Å². The first-order valence-corrected chi connectivity index (χ1v) is 8.93. The molecule has 0 saturated heterocycles. The molecule has 0 atom stereocenters. The van der Waals surface area contributed by atoms with E-state index in [0.717, 1.165) is 5.56 Å². The van der Waals surface area contributed by atoms with Crippen LogP contribution >= 0.6 is 22.9 Å². The van der Waals surface area contributed by atoms with Crippen molar-refractivity contribution in [3.63, 3.8) is 0 Å². The molecular weight excluding hydrogens is 360 g/mol. The van der Waals surface area contributed by atoms with Crippen LogP contribution in [-0.4, -0.2) is 36.1 Å². The number of rotatable bonds is 7. The summed E-state index contributed by atoms with van der Waals surface area (Å²) in [6.45, 7) is 1.90. The van der Waals surface area contributed by atoms with Gasteiger partial charge in [0.05, 0.1) is 15.8 Å². The predicted octanol–water partition coefficient (Wildman–Crippen LogP) is 3.77. The minimum Gasteiger partial charge on any atom is -0.336 e. The van der Waals surface area contributed by atoms with Crippen LogP contribution in [0, 0.1) is 6.92 Å². The van der Waals surface area contributed by atoms with Gasteiger partial charge in [0.2, 0.25) is 11.8 Å². The van der Waals surface area contributed by atoms with Crippen molar-refractivity contribution in [1.29, 1.82) is 0 Å². The molecule has 0 radical (unpaired) electrons. The highest BCUT2D eigenvalue weighted by Crippen LogP contribution is 2.23. The van der Waals surface area contributed by atoms with E-state index in [4.69, 9.17) is 11.6 Å². The summed E-state index contributed by atoms with van der Waals surface area (Å²) in [6, 6.07) is 10.7. The monoisotopic (exact) mass is 378 g/mol. The molecule has 0 spiro atoms. The maximum absolute atomic E-state index is 12.1. The van der Waals surface area contributed by atoms with Gasteiger partial charge in [-0.25, -0.2) is 0 Å². The first-order chi connectivity index (χ1) is 11.8. The summed E-state index contributed by atoms with van der Waals surface area (Å²) in [5.41, 5.74) is 1.78. The lowest BCUT2D eigenvalue weighted by molar-refractivity contribution is -0.133. The first kappa shape index (κ1) is 19.1. The third-order valence-electron chi connectivity index (χ3n) is 3.56. The highest BCUT2D eigenvalue weighted by molar-refractivity contribution is 7.18. The topological polar surface area (TPSA) is 66.5 Å². The van der Waals surface area contributed by atoms with Crippen molar-refractivity contribution in [3.05, 3.63) is 51.2 Å². The van der Waals surface area contributed by atoms with E-state index in [0.29, 0.717) is 14.9 Å². The Morgan fingerprint density at radius 2 is 1.76 bits per heavy atom. The van der Waals surface area contributed by atoms with E-state index in [9.17, 15) is 14.4 Å². The average Bonchev–Trinajstić information content (AvgIpc) is 3.00. The molecule has 7 heteroatoms. The number of amides is 2. The summed E-state index contributed by atoms with van der Waals surface area (Å²) in [7, 11) is 1.55. The van der Waals surface area contributed by atoms with Gasteiger partial charge in [0, 0.05) is 25.6 Å². The summed E-state index contributed by atoms with van der Waals surface area (Å²) >= 11 is 6.99. The third-order valence-corrected chi connectivity index (χ3v) is 4.83. The van der Waals surface area contributed by atoms with Gasteiger partial charge in [-0.1, -0.05) is 29.3 Å². The highest BCUT2D eigenvalue weighted by atomic mass is 35.5. The van der Waals surface area contributed by atoms with Crippen molar-refractivity contribution in [2.24, 2.45) is 0 Å². The number of benzene rings is 1. The number of halogens is 1. The molecule has 0 fully saturated rings. The van der Waals surface area contributed by atoms with E-state index in [-0.39, 0.29) is 37.0 Å². The van der Waals surface area contributed by atoms with Crippen LogP contribution in [-0.2, 0) is 9.59 Å². The fraction of sp³-hybridized carbons (Fsp3) is 0.278. The maximum Gasteiger partial charge on any atom is 0.243 e. The van der Waals surface area contributed by atoms with Crippen molar-refractivity contribution in [2.75, 3.05) is 18.9 Å². The fourth-order valence-electron chi connectivity index (χ4n) is 2.14. The Bertz CT molecular complexity index is 771. The number of hydrogen-bond donors (Lipinski definition) is 1. The van der Waals surface area contributed by atoms with Gasteiger partial charge in [-0.15, -0.1) is 11.3 Å². The molecule has 1 N–H and O–H groups in total. The summed E-state index contributed by atoms with van der Waals surface area (Å²) in [5.74, 6) is -0.658. The predicted molar refractivity (Wildman–Crippen MR) is 100 cm³/mol. The number of anilines is 1. The van der Waals surface area contributed by atoms with Crippen LogP contribution in [0.25, 0.3) is 0 Å². The lowest BCUT2D eigenvalue weighted by Crippen LogP contribution is -2.35. The Morgan fingerprint density at radius 1 is 1.08 bits per heavy atom. The van der Waals surface area contributed by atoms with E-state index in [2.05, 4.69) is 5.32 Å². The van der Waals surface area contributed by atoms with Crippen LogP contribution in [0.2, 0.25) is 4.34 Å². The number of nitrogens with one attached hydrogen (secondary N) is 1. The van der Waals surface area contributed by atoms with Gasteiger partial charge in [0.25, 0.3) is 0 Å². The van der Waals surface area contributed by atoms with Crippen LogP contribution in [0.5, 0.6) is 0 Å². The molecule has 132 valence electrons. The fourth-order valence-corrected chi connectivity index (χ4v) is 3.15. The Balaban J connectivity index is 1.78. The van der Waals surface area contributed by atoms with E-state index in [1.807, 2.05) is 19.1 Å². The second kappa shape index (κ2) is 8.78. The Hall–Kier alpha value is -2.18. The third kappa shape index (κ3) is 5.99. The lowest BCUT2D eigenvalue weighted by atomic mass is 10.2. The number of likely N-dealkylation sites (N-methyl/N-ethyl adjacent to an activating group) is 1. The maximum atomic E-state index is 12.1. The van der Waals surface area contributed by atoms with Crippen molar-refractivity contribution >= 4 is 46.2 Å². The molecule has 25 heavy (non-hydrogen) atoms. The number of aryl methyl sites for hydroxylation is 1. The standard InChI is InChI=1S/C18H19ClN2O3S/c1-12-3-5-13(6-4-12)20-17(23)11-21(2)18(24)10-7-14(22)15-8-9-16(19)25-15/h3-6,8-9H,7,10-11H2,1-2H3,(H,20,23). The molecule has 0 bridgehead atoms. The average molecular weight is 379 g/mol. The van der Waals surface area contributed by atoms with Crippen LogP contribution in [0.1, 0.15) is 28.1 Å². The van der Waals surface area contributed by atoms with E-state index in [1.54, 1.807) is 31.3 Å². The number of carbonyl (C=O) groups is 3. The molecular formula is C18H19ClN2O3S. The summed E-state index contributed by atoms with van der Waals surface area (Å²) in [4.78, 5) is 37.9. The van der Waals surface area contributed by atoms with Gasteiger partial charge in [0.1, 0.15) is 0 Å². The van der Waals surface area contributed by atoms with Crippen LogP contribution < -0.4 is 5.32 Å². The molecule has 1 aromatic carbocycles. The molecule has 0 aliphatic rings. The van der Waals surface area contributed by atoms with Crippen molar-refractivity contribution in [1.82, 2.24) is 4.90 Å². The number of ketones is 1. The smallest absolute Gasteiger partial charge is 0.243 e. The zero-order chi connectivity index (χ0) is 18.4. The molecule has 0 saturated carbocycles. The molecule has 0 aliphatic carbocycles. The normalized spacial score (nSPS) is 10.4. The Morgan fingerprint density at radius 3 is 2.36 bits per heavy atom. The Labute approximate surface area is 155 Å². The molecule has 2 amide bonds. The van der Waals surface area contributed by atoms with Gasteiger partial charge >= 0.3 is 0 Å². The number of Topliss-reactive ketones (excluding diaryl/α,β-unsaturated/α-hetero) is 1. The Kier molecular flexibility index (Phi) is 6.73. The second-order valence-electron chi connectivity index (χ2n) is 5.69. The summed E-state index contributed by atoms with van der Waals surface area (Å²) in [6.07, 6.45) is 0.155. The minimum atomic E-state index is -0.281. The zero-order valence-corrected chi connectivity index (χ0v) is 15.6. The number of nitrogens with zero attached hydrogens (tertiary/aromatic N) is 1. The minimum absolute atomic E-state index is 0.0582. The van der Waals surface area contributed by atoms with Crippen molar-refractivity contribution in [3.8, 4) is 0 Å². The molecule has 5 nitrogen and oxygen atoms in total. The molecule has 0 aliphatic heterocycles. The summed E-state index contributed by atoms with van der Waals surface area (Å²) in [5, 5.41) is 2.74. The van der Waals surface area contributed by atoms with Gasteiger partial charge in [-0.2, -0.15) is 0 Å². The van der Waals surface area contributed by atoms with Gasteiger partial charge in [-0.05, 0) is 31.2 Å². The van der Waals surface area contributed by atoms with Crippen molar-refractivity contribution < 1.29 is 14.4 Å². The molecule has 2 rings (SSSR count). The molecule has 1 heterocycles. The van der Waals surface area contributed by atoms with Crippen LogP contribution in [0.15, 0.2) is 36.4 Å².